The zero-order valence-corrected chi connectivity index (χ0v) is 13.9. The van der Waals surface area contributed by atoms with Crippen LogP contribution in [0.5, 0.6) is 0 Å². The normalized spacial score (nSPS) is 12.5. The van der Waals surface area contributed by atoms with Crippen molar-refractivity contribution in [1.29, 1.82) is 0 Å². The minimum atomic E-state index is -0.518. The first-order chi connectivity index (χ1) is 10.9. The van der Waals surface area contributed by atoms with E-state index in [1.165, 1.54) is 0 Å². The molecule has 0 saturated heterocycles. The van der Waals surface area contributed by atoms with E-state index in [1.54, 1.807) is 0 Å². The molecule has 1 amide bonds. The molecule has 2 rings (SSSR count). The Labute approximate surface area is 137 Å². The van der Waals surface area contributed by atoms with Gasteiger partial charge in [0.2, 0.25) is 0 Å². The summed E-state index contributed by atoms with van der Waals surface area (Å²) < 4.78 is 5.23. The SMILES string of the molecule is CC(C)(C)OC(=O)NCC(N)c1ccccc1-c1ccccc1. The predicted molar refractivity (Wildman–Crippen MR) is 93.0 cm³/mol. The van der Waals surface area contributed by atoms with E-state index in [0.29, 0.717) is 6.54 Å². The number of alkyl carbamates (subject to hydrolysis) is 1. The van der Waals surface area contributed by atoms with Gasteiger partial charge in [-0.3, -0.25) is 0 Å². The van der Waals surface area contributed by atoms with Crippen LogP contribution in [0.25, 0.3) is 11.1 Å². The van der Waals surface area contributed by atoms with Crippen LogP contribution in [0.3, 0.4) is 0 Å². The number of benzene rings is 2. The second-order valence-electron chi connectivity index (χ2n) is 6.44. The van der Waals surface area contributed by atoms with Crippen molar-refractivity contribution >= 4 is 6.09 Å². The largest absolute Gasteiger partial charge is 0.444 e. The number of carbonyl (C=O) groups excluding carboxylic acids is 1. The number of amides is 1. The van der Waals surface area contributed by atoms with E-state index in [-0.39, 0.29) is 6.04 Å². The van der Waals surface area contributed by atoms with Crippen LogP contribution in [-0.4, -0.2) is 18.2 Å². The third-order valence-corrected chi connectivity index (χ3v) is 3.31. The van der Waals surface area contributed by atoms with Gasteiger partial charge >= 0.3 is 6.09 Å². The molecular weight excluding hydrogens is 288 g/mol. The van der Waals surface area contributed by atoms with Crippen LogP contribution in [0.1, 0.15) is 32.4 Å². The molecule has 2 aromatic rings. The molecule has 122 valence electrons. The van der Waals surface area contributed by atoms with Crippen LogP contribution in [0, 0.1) is 0 Å². The molecule has 0 aliphatic rings. The zero-order chi connectivity index (χ0) is 16.9. The standard InChI is InChI=1S/C19H24N2O2/c1-19(2,3)23-18(22)21-13-17(20)16-12-8-7-11-15(16)14-9-5-4-6-10-14/h4-12,17H,13,20H2,1-3H3,(H,21,22). The molecule has 3 N–H and O–H groups in total. The maximum atomic E-state index is 11.8. The lowest BCUT2D eigenvalue weighted by molar-refractivity contribution is 0.0524. The predicted octanol–water partition coefficient (Wildman–Crippen LogP) is 3.88. The molecule has 4 heteroatoms. The summed E-state index contributed by atoms with van der Waals surface area (Å²) in [7, 11) is 0. The molecule has 2 aromatic carbocycles. The number of hydrogen-bond acceptors (Lipinski definition) is 3. The first kappa shape index (κ1) is 17.0. The van der Waals surface area contributed by atoms with Crippen LogP contribution in [0.4, 0.5) is 4.79 Å². The van der Waals surface area contributed by atoms with Crippen molar-refractivity contribution in [2.75, 3.05) is 6.54 Å². The maximum absolute atomic E-state index is 11.8. The summed E-state index contributed by atoms with van der Waals surface area (Å²) in [5.41, 5.74) is 8.94. The number of ether oxygens (including phenoxy) is 1. The highest BCUT2D eigenvalue weighted by atomic mass is 16.6. The van der Waals surface area contributed by atoms with E-state index in [9.17, 15) is 4.79 Å². The van der Waals surface area contributed by atoms with E-state index < -0.39 is 11.7 Å². The molecule has 4 nitrogen and oxygen atoms in total. The van der Waals surface area contributed by atoms with Crippen LogP contribution in [-0.2, 0) is 4.74 Å². The molecule has 0 heterocycles. The average Bonchev–Trinajstić information content (AvgIpc) is 2.52. The van der Waals surface area contributed by atoms with Crippen molar-refractivity contribution in [3.63, 3.8) is 0 Å². The molecule has 0 spiro atoms. The Kier molecular flexibility index (Phi) is 5.40. The van der Waals surface area contributed by atoms with Gasteiger partial charge in [-0.15, -0.1) is 0 Å². The second-order valence-corrected chi connectivity index (χ2v) is 6.44. The number of nitrogens with one attached hydrogen (secondary N) is 1. The highest BCUT2D eigenvalue weighted by molar-refractivity contribution is 5.69. The van der Waals surface area contributed by atoms with Gasteiger partial charge in [-0.1, -0.05) is 54.6 Å². The quantitative estimate of drug-likeness (QED) is 0.900. The average molecular weight is 312 g/mol. The molecule has 0 radical (unpaired) electrons. The third kappa shape index (κ3) is 5.11. The molecule has 0 bridgehead atoms. The fourth-order valence-electron chi connectivity index (χ4n) is 2.32. The van der Waals surface area contributed by atoms with Crippen molar-refractivity contribution < 1.29 is 9.53 Å². The number of nitrogens with two attached hydrogens (primary N) is 1. The first-order valence-corrected chi connectivity index (χ1v) is 7.73. The van der Waals surface area contributed by atoms with E-state index in [4.69, 9.17) is 10.5 Å². The van der Waals surface area contributed by atoms with Crippen LogP contribution >= 0.6 is 0 Å². The van der Waals surface area contributed by atoms with Crippen molar-refractivity contribution in [3.05, 3.63) is 60.2 Å². The molecular formula is C19H24N2O2. The molecule has 0 aliphatic heterocycles. The first-order valence-electron chi connectivity index (χ1n) is 7.73. The topological polar surface area (TPSA) is 64.3 Å². The van der Waals surface area contributed by atoms with Crippen LogP contribution in [0.2, 0.25) is 0 Å². The smallest absolute Gasteiger partial charge is 0.407 e. The van der Waals surface area contributed by atoms with Gasteiger partial charge in [0.15, 0.2) is 0 Å². The monoisotopic (exact) mass is 312 g/mol. The van der Waals surface area contributed by atoms with Gasteiger partial charge in [-0.25, -0.2) is 4.79 Å². The van der Waals surface area contributed by atoms with Crippen LogP contribution < -0.4 is 11.1 Å². The van der Waals surface area contributed by atoms with Gasteiger partial charge in [0.25, 0.3) is 0 Å². The molecule has 0 fully saturated rings. The Morgan fingerprint density at radius 2 is 1.70 bits per heavy atom. The lowest BCUT2D eigenvalue weighted by Crippen LogP contribution is -2.36. The highest BCUT2D eigenvalue weighted by Crippen LogP contribution is 2.26. The fourth-order valence-corrected chi connectivity index (χ4v) is 2.32. The third-order valence-electron chi connectivity index (χ3n) is 3.31. The maximum Gasteiger partial charge on any atom is 0.407 e. The molecule has 23 heavy (non-hydrogen) atoms. The van der Waals surface area contributed by atoms with Crippen molar-refractivity contribution in [2.45, 2.75) is 32.4 Å². The summed E-state index contributed by atoms with van der Waals surface area (Å²) in [6, 6.07) is 17.7. The highest BCUT2D eigenvalue weighted by Gasteiger charge is 2.18. The van der Waals surface area contributed by atoms with Crippen LogP contribution in [0.15, 0.2) is 54.6 Å². The molecule has 0 saturated carbocycles. The molecule has 0 aromatic heterocycles. The Balaban J connectivity index is 2.09. The van der Waals surface area contributed by atoms with Gasteiger partial charge in [0, 0.05) is 12.6 Å². The summed E-state index contributed by atoms with van der Waals surface area (Å²) in [6.45, 7) is 5.81. The minimum Gasteiger partial charge on any atom is -0.444 e. The Morgan fingerprint density at radius 3 is 2.35 bits per heavy atom. The van der Waals surface area contributed by atoms with Gasteiger partial charge in [-0.05, 0) is 37.5 Å². The molecule has 1 unspecified atom stereocenters. The number of carbonyl (C=O) groups is 1. The van der Waals surface area contributed by atoms with Gasteiger partial charge in [0.05, 0.1) is 0 Å². The van der Waals surface area contributed by atoms with Crippen molar-refractivity contribution in [2.24, 2.45) is 5.73 Å². The van der Waals surface area contributed by atoms with E-state index in [2.05, 4.69) is 5.32 Å². The summed E-state index contributed by atoms with van der Waals surface area (Å²) in [4.78, 5) is 11.8. The minimum absolute atomic E-state index is 0.307. The van der Waals surface area contributed by atoms with E-state index in [1.807, 2.05) is 75.4 Å². The Hall–Kier alpha value is -2.33. The fraction of sp³-hybridized carbons (Fsp3) is 0.316. The number of rotatable bonds is 4. The Morgan fingerprint density at radius 1 is 1.09 bits per heavy atom. The lowest BCUT2D eigenvalue weighted by atomic mass is 9.95. The number of hydrogen-bond donors (Lipinski definition) is 2. The zero-order valence-electron chi connectivity index (χ0n) is 13.9. The Bertz CT molecular complexity index is 648. The second kappa shape index (κ2) is 7.29. The van der Waals surface area contributed by atoms with Gasteiger partial charge in [-0.2, -0.15) is 0 Å². The molecule has 0 aliphatic carbocycles. The van der Waals surface area contributed by atoms with E-state index >= 15 is 0 Å². The summed E-state index contributed by atoms with van der Waals surface area (Å²) >= 11 is 0. The molecule has 1 atom stereocenters. The lowest BCUT2D eigenvalue weighted by Gasteiger charge is -2.21. The summed E-state index contributed by atoms with van der Waals surface area (Å²) in [6.07, 6.45) is -0.454. The van der Waals surface area contributed by atoms with Gasteiger partial charge < -0.3 is 15.8 Å². The summed E-state index contributed by atoms with van der Waals surface area (Å²) in [5.74, 6) is 0. The summed E-state index contributed by atoms with van der Waals surface area (Å²) in [5, 5.41) is 2.73. The van der Waals surface area contributed by atoms with Crippen molar-refractivity contribution in [1.82, 2.24) is 5.32 Å². The van der Waals surface area contributed by atoms with Gasteiger partial charge in [0.1, 0.15) is 5.60 Å². The van der Waals surface area contributed by atoms with Crippen molar-refractivity contribution in [3.8, 4) is 11.1 Å². The van der Waals surface area contributed by atoms with E-state index in [0.717, 1.165) is 16.7 Å².